The minimum Gasteiger partial charge on any atom is -0.493 e. The molecule has 0 atom stereocenters. The molecule has 0 saturated heterocycles. The van der Waals surface area contributed by atoms with Gasteiger partial charge in [-0.2, -0.15) is 5.10 Å². The first-order valence-electron chi connectivity index (χ1n) is 9.29. The van der Waals surface area contributed by atoms with Crippen molar-refractivity contribution in [2.24, 2.45) is 0 Å². The average Bonchev–Trinajstić information content (AvgIpc) is 3.24. The Kier molecular flexibility index (Phi) is 5.69. The molecule has 0 aliphatic carbocycles. The number of amides is 1. The molecule has 0 unspecified atom stereocenters. The monoisotopic (exact) mass is 455 g/mol. The highest BCUT2D eigenvalue weighted by atomic mass is 35.5. The van der Waals surface area contributed by atoms with E-state index in [2.05, 4.69) is 15.5 Å². The molecule has 4 rings (SSSR count). The first-order chi connectivity index (χ1) is 15.5. The van der Waals surface area contributed by atoms with Crippen LogP contribution in [0, 0.1) is 0 Å². The third-order valence-corrected chi connectivity index (χ3v) is 4.93. The zero-order chi connectivity index (χ0) is 22.8. The van der Waals surface area contributed by atoms with Crippen LogP contribution in [0.15, 0.2) is 53.7 Å². The SMILES string of the molecule is COc1cc(C(=O)Nn2cnc3c(cnn3-c3cccc(Cl)c3)c2=O)cc(OC)c1OC. The maximum atomic E-state index is 12.9. The van der Waals surface area contributed by atoms with Crippen LogP contribution in [0.5, 0.6) is 17.2 Å². The number of methoxy groups -OCH3 is 3. The lowest BCUT2D eigenvalue weighted by atomic mass is 10.1. The molecule has 4 aromatic rings. The van der Waals surface area contributed by atoms with E-state index in [0.717, 1.165) is 4.68 Å². The summed E-state index contributed by atoms with van der Waals surface area (Å²) in [5, 5.41) is 4.98. The molecule has 0 fully saturated rings. The maximum absolute atomic E-state index is 12.9. The summed E-state index contributed by atoms with van der Waals surface area (Å²) in [5.41, 5.74) is 3.19. The normalized spacial score (nSPS) is 10.8. The standard InChI is InChI=1S/C21H18ClN5O5/c1-30-16-7-12(8-17(31-2)18(16)32-3)20(28)25-26-11-23-19-15(21(26)29)10-24-27(19)14-6-4-5-13(22)9-14/h4-11H,1-3H3,(H,25,28). The van der Waals surface area contributed by atoms with Crippen molar-refractivity contribution in [3.05, 3.63) is 69.9 Å². The van der Waals surface area contributed by atoms with Gasteiger partial charge in [0.1, 0.15) is 11.7 Å². The molecule has 1 N–H and O–H groups in total. The van der Waals surface area contributed by atoms with Crippen LogP contribution in [0.25, 0.3) is 16.7 Å². The van der Waals surface area contributed by atoms with Crippen molar-refractivity contribution in [1.82, 2.24) is 19.4 Å². The lowest BCUT2D eigenvalue weighted by Gasteiger charge is -2.14. The van der Waals surface area contributed by atoms with Crippen LogP contribution in [0.1, 0.15) is 10.4 Å². The summed E-state index contributed by atoms with van der Waals surface area (Å²) in [5.74, 6) is 0.386. The lowest BCUT2D eigenvalue weighted by molar-refractivity contribution is 0.101. The van der Waals surface area contributed by atoms with Crippen molar-refractivity contribution in [3.63, 3.8) is 0 Å². The van der Waals surface area contributed by atoms with Gasteiger partial charge in [-0.15, -0.1) is 0 Å². The number of carbonyl (C=O) groups is 1. The van der Waals surface area contributed by atoms with Gasteiger partial charge in [-0.3, -0.25) is 15.0 Å². The van der Waals surface area contributed by atoms with Gasteiger partial charge in [-0.1, -0.05) is 17.7 Å². The Morgan fingerprint density at radius 1 is 1.06 bits per heavy atom. The summed E-state index contributed by atoms with van der Waals surface area (Å²) >= 11 is 6.05. The fraction of sp³-hybridized carbons (Fsp3) is 0.143. The van der Waals surface area contributed by atoms with Gasteiger partial charge in [-0.05, 0) is 30.3 Å². The quantitative estimate of drug-likeness (QED) is 0.476. The van der Waals surface area contributed by atoms with Gasteiger partial charge < -0.3 is 14.2 Å². The molecule has 0 bridgehead atoms. The van der Waals surface area contributed by atoms with Crippen LogP contribution in [0.2, 0.25) is 5.02 Å². The van der Waals surface area contributed by atoms with Crippen LogP contribution in [0.3, 0.4) is 0 Å². The highest BCUT2D eigenvalue weighted by Gasteiger charge is 2.18. The number of carbonyl (C=O) groups excluding carboxylic acids is 1. The Morgan fingerprint density at radius 2 is 1.78 bits per heavy atom. The third kappa shape index (κ3) is 3.71. The highest BCUT2D eigenvalue weighted by molar-refractivity contribution is 6.30. The predicted molar refractivity (Wildman–Crippen MR) is 118 cm³/mol. The molecule has 2 heterocycles. The van der Waals surface area contributed by atoms with Gasteiger partial charge in [0.05, 0.1) is 33.2 Å². The van der Waals surface area contributed by atoms with Crippen LogP contribution in [0.4, 0.5) is 0 Å². The molecule has 1 amide bonds. The van der Waals surface area contributed by atoms with E-state index in [4.69, 9.17) is 25.8 Å². The molecular formula is C21H18ClN5O5. The van der Waals surface area contributed by atoms with Crippen molar-refractivity contribution < 1.29 is 19.0 Å². The number of benzene rings is 2. The molecule has 32 heavy (non-hydrogen) atoms. The molecule has 10 nitrogen and oxygen atoms in total. The zero-order valence-electron chi connectivity index (χ0n) is 17.3. The molecule has 2 aromatic heterocycles. The van der Waals surface area contributed by atoms with E-state index in [0.29, 0.717) is 33.6 Å². The number of hydrogen-bond donors (Lipinski definition) is 1. The van der Waals surface area contributed by atoms with Gasteiger partial charge in [-0.25, -0.2) is 14.3 Å². The topological polar surface area (TPSA) is 110 Å². The smallest absolute Gasteiger partial charge is 0.283 e. The van der Waals surface area contributed by atoms with E-state index in [1.165, 1.54) is 50.7 Å². The maximum Gasteiger partial charge on any atom is 0.283 e. The first kappa shape index (κ1) is 21.2. The Labute approximate surface area is 186 Å². The zero-order valence-corrected chi connectivity index (χ0v) is 18.1. The summed E-state index contributed by atoms with van der Waals surface area (Å²) in [4.78, 5) is 30.0. The number of nitrogens with one attached hydrogen (secondary N) is 1. The molecule has 0 aliphatic rings. The van der Waals surface area contributed by atoms with Crippen LogP contribution in [-0.4, -0.2) is 46.7 Å². The molecule has 164 valence electrons. The summed E-state index contributed by atoms with van der Waals surface area (Å²) in [6, 6.07) is 9.95. The Balaban J connectivity index is 1.69. The number of rotatable bonds is 6. The van der Waals surface area contributed by atoms with Crippen LogP contribution < -0.4 is 25.2 Å². The second-order valence-corrected chi connectivity index (χ2v) is 6.98. The number of fused-ring (bicyclic) bond motifs is 1. The number of ether oxygens (including phenoxy) is 3. The summed E-state index contributed by atoms with van der Waals surface area (Å²) in [6.45, 7) is 0. The molecule has 0 aliphatic heterocycles. The molecular weight excluding hydrogens is 438 g/mol. The van der Waals surface area contributed by atoms with Crippen LogP contribution >= 0.6 is 11.6 Å². The van der Waals surface area contributed by atoms with Gasteiger partial charge in [0, 0.05) is 10.6 Å². The molecule has 11 heteroatoms. The van der Waals surface area contributed by atoms with E-state index < -0.39 is 11.5 Å². The van der Waals surface area contributed by atoms with Crippen molar-refractivity contribution in [2.45, 2.75) is 0 Å². The highest BCUT2D eigenvalue weighted by Crippen LogP contribution is 2.38. The Bertz CT molecular complexity index is 1360. The second kappa shape index (κ2) is 8.60. The molecule has 0 spiro atoms. The Hall–Kier alpha value is -4.05. The van der Waals surface area contributed by atoms with E-state index >= 15 is 0 Å². The minimum atomic E-state index is -0.574. The Morgan fingerprint density at radius 3 is 2.41 bits per heavy atom. The van der Waals surface area contributed by atoms with Gasteiger partial charge in [0.15, 0.2) is 17.1 Å². The third-order valence-electron chi connectivity index (χ3n) is 4.69. The largest absolute Gasteiger partial charge is 0.493 e. The van der Waals surface area contributed by atoms with Crippen molar-refractivity contribution in [1.29, 1.82) is 0 Å². The van der Waals surface area contributed by atoms with E-state index in [9.17, 15) is 9.59 Å². The lowest BCUT2D eigenvalue weighted by Crippen LogP contribution is -2.33. The second-order valence-electron chi connectivity index (χ2n) is 6.55. The molecule has 0 radical (unpaired) electrons. The minimum absolute atomic E-state index is 0.195. The summed E-state index contributed by atoms with van der Waals surface area (Å²) < 4.78 is 18.3. The average molecular weight is 456 g/mol. The number of aromatic nitrogens is 4. The summed E-state index contributed by atoms with van der Waals surface area (Å²) in [6.07, 6.45) is 2.59. The number of nitrogens with zero attached hydrogens (tertiary/aromatic N) is 4. The van der Waals surface area contributed by atoms with Crippen molar-refractivity contribution in [3.8, 4) is 22.9 Å². The predicted octanol–water partition coefficient (Wildman–Crippen LogP) is 2.65. The van der Waals surface area contributed by atoms with Crippen LogP contribution in [-0.2, 0) is 0 Å². The molecule has 2 aromatic carbocycles. The fourth-order valence-electron chi connectivity index (χ4n) is 3.17. The van der Waals surface area contributed by atoms with Gasteiger partial charge in [0.25, 0.3) is 11.5 Å². The van der Waals surface area contributed by atoms with Gasteiger partial charge in [0.2, 0.25) is 5.75 Å². The van der Waals surface area contributed by atoms with E-state index in [-0.39, 0.29) is 10.9 Å². The number of hydrogen-bond acceptors (Lipinski definition) is 7. The van der Waals surface area contributed by atoms with Gasteiger partial charge >= 0.3 is 0 Å². The van der Waals surface area contributed by atoms with Crippen molar-refractivity contribution >= 4 is 28.5 Å². The first-order valence-corrected chi connectivity index (χ1v) is 9.67. The molecule has 0 saturated carbocycles. The van der Waals surface area contributed by atoms with Crippen molar-refractivity contribution in [2.75, 3.05) is 26.8 Å². The fourth-order valence-corrected chi connectivity index (χ4v) is 3.36. The number of halogens is 1. The van der Waals surface area contributed by atoms with E-state index in [1.807, 2.05) is 0 Å². The summed E-state index contributed by atoms with van der Waals surface area (Å²) in [7, 11) is 4.35. The van der Waals surface area contributed by atoms with E-state index in [1.54, 1.807) is 24.3 Å².